The molecule has 0 aliphatic rings. The Morgan fingerprint density at radius 3 is 2.00 bits per heavy atom. The summed E-state index contributed by atoms with van der Waals surface area (Å²) in [5, 5.41) is 0. The minimum absolute atomic E-state index is 0.504. The SMILES string of the molecule is C=COc1ccc(OC=C)c(OC=C)c1. The van der Waals surface area contributed by atoms with Gasteiger partial charge >= 0.3 is 0 Å². The topological polar surface area (TPSA) is 27.7 Å². The Labute approximate surface area is 88.9 Å². The predicted molar refractivity (Wildman–Crippen MR) is 58.9 cm³/mol. The van der Waals surface area contributed by atoms with Gasteiger partial charge in [0.25, 0.3) is 0 Å². The quantitative estimate of drug-likeness (QED) is 0.665. The predicted octanol–water partition coefficient (Wildman–Crippen LogP) is 3.25. The molecule has 0 aliphatic carbocycles. The third-order valence-electron chi connectivity index (χ3n) is 1.56. The van der Waals surface area contributed by atoms with Crippen LogP contribution in [-0.2, 0) is 0 Å². The lowest BCUT2D eigenvalue weighted by atomic mass is 10.3. The van der Waals surface area contributed by atoms with E-state index < -0.39 is 0 Å². The van der Waals surface area contributed by atoms with Crippen molar-refractivity contribution >= 4 is 0 Å². The van der Waals surface area contributed by atoms with Crippen LogP contribution in [0.15, 0.2) is 56.7 Å². The first-order chi connectivity index (χ1) is 7.31. The zero-order valence-corrected chi connectivity index (χ0v) is 8.31. The zero-order valence-electron chi connectivity index (χ0n) is 8.31. The van der Waals surface area contributed by atoms with E-state index in [9.17, 15) is 0 Å². The molecule has 0 saturated carbocycles. The van der Waals surface area contributed by atoms with Crippen molar-refractivity contribution in [2.45, 2.75) is 0 Å². The van der Waals surface area contributed by atoms with Gasteiger partial charge in [0.15, 0.2) is 11.5 Å². The second-order valence-corrected chi connectivity index (χ2v) is 2.46. The van der Waals surface area contributed by atoms with Gasteiger partial charge in [-0.3, -0.25) is 0 Å². The summed E-state index contributed by atoms with van der Waals surface area (Å²) in [4.78, 5) is 0. The Morgan fingerprint density at radius 2 is 1.40 bits per heavy atom. The van der Waals surface area contributed by atoms with Gasteiger partial charge in [0.2, 0.25) is 0 Å². The van der Waals surface area contributed by atoms with Crippen LogP contribution in [0.1, 0.15) is 0 Å². The minimum Gasteiger partial charge on any atom is -0.465 e. The maximum atomic E-state index is 5.15. The van der Waals surface area contributed by atoms with E-state index in [1.165, 1.54) is 18.8 Å². The van der Waals surface area contributed by atoms with E-state index >= 15 is 0 Å². The van der Waals surface area contributed by atoms with Gasteiger partial charge in [0.1, 0.15) is 5.75 Å². The largest absolute Gasteiger partial charge is 0.465 e. The molecule has 0 fully saturated rings. The summed E-state index contributed by atoms with van der Waals surface area (Å²) in [5.41, 5.74) is 0. The molecule has 1 aromatic rings. The van der Waals surface area contributed by atoms with Gasteiger partial charge in [0, 0.05) is 6.07 Å². The molecule has 0 amide bonds. The van der Waals surface area contributed by atoms with Gasteiger partial charge in [-0.05, 0) is 12.1 Å². The van der Waals surface area contributed by atoms with E-state index in [4.69, 9.17) is 14.2 Å². The molecule has 0 N–H and O–H groups in total. The number of benzene rings is 1. The highest BCUT2D eigenvalue weighted by molar-refractivity contribution is 5.46. The maximum Gasteiger partial charge on any atom is 0.172 e. The first kappa shape index (κ1) is 10.9. The number of ether oxygens (including phenoxy) is 3. The van der Waals surface area contributed by atoms with E-state index in [0.717, 1.165) is 0 Å². The third kappa shape index (κ3) is 2.91. The summed E-state index contributed by atoms with van der Waals surface area (Å²) in [6, 6.07) is 5.11. The Hall–Kier alpha value is -2.16. The maximum absolute atomic E-state index is 5.15. The van der Waals surface area contributed by atoms with Crippen molar-refractivity contribution in [1.29, 1.82) is 0 Å². The Kier molecular flexibility index (Phi) is 4.04. The molecule has 0 aromatic heterocycles. The molecule has 15 heavy (non-hydrogen) atoms. The number of hydrogen-bond acceptors (Lipinski definition) is 3. The molecule has 78 valence electrons. The molecule has 0 unspecified atom stereocenters. The van der Waals surface area contributed by atoms with Crippen LogP contribution in [-0.4, -0.2) is 0 Å². The summed E-state index contributed by atoms with van der Waals surface area (Å²) < 4.78 is 15.4. The van der Waals surface area contributed by atoms with E-state index in [1.54, 1.807) is 18.2 Å². The Morgan fingerprint density at radius 1 is 0.800 bits per heavy atom. The molecule has 1 rings (SSSR count). The fourth-order valence-electron chi connectivity index (χ4n) is 1.03. The van der Waals surface area contributed by atoms with Crippen LogP contribution in [0.4, 0.5) is 0 Å². The van der Waals surface area contributed by atoms with Crippen LogP contribution in [0.3, 0.4) is 0 Å². The van der Waals surface area contributed by atoms with Gasteiger partial charge in [-0.2, -0.15) is 0 Å². The van der Waals surface area contributed by atoms with E-state index in [0.29, 0.717) is 17.2 Å². The lowest BCUT2D eigenvalue weighted by Gasteiger charge is -2.08. The molecule has 1 aromatic carbocycles. The average Bonchev–Trinajstić information content (AvgIpc) is 2.23. The van der Waals surface area contributed by atoms with Crippen molar-refractivity contribution < 1.29 is 14.2 Å². The summed E-state index contributed by atoms with van der Waals surface area (Å²) >= 11 is 0. The number of rotatable bonds is 6. The molecule has 0 saturated heterocycles. The fourth-order valence-corrected chi connectivity index (χ4v) is 1.03. The second-order valence-electron chi connectivity index (χ2n) is 2.46. The molecule has 3 nitrogen and oxygen atoms in total. The van der Waals surface area contributed by atoms with Crippen molar-refractivity contribution in [2.24, 2.45) is 0 Å². The van der Waals surface area contributed by atoms with Crippen molar-refractivity contribution in [3.05, 3.63) is 56.7 Å². The smallest absolute Gasteiger partial charge is 0.172 e. The second kappa shape index (κ2) is 5.54. The lowest BCUT2D eigenvalue weighted by Crippen LogP contribution is -1.89. The number of hydrogen-bond donors (Lipinski definition) is 0. The molecular formula is C12H12O3. The molecule has 3 heteroatoms. The van der Waals surface area contributed by atoms with E-state index in [-0.39, 0.29) is 0 Å². The van der Waals surface area contributed by atoms with Crippen molar-refractivity contribution in [1.82, 2.24) is 0 Å². The van der Waals surface area contributed by atoms with Crippen LogP contribution in [0, 0.1) is 0 Å². The van der Waals surface area contributed by atoms with E-state index in [2.05, 4.69) is 19.7 Å². The van der Waals surface area contributed by atoms with Crippen LogP contribution in [0.5, 0.6) is 17.2 Å². The van der Waals surface area contributed by atoms with Crippen molar-refractivity contribution in [2.75, 3.05) is 0 Å². The third-order valence-corrected chi connectivity index (χ3v) is 1.56. The normalized spacial score (nSPS) is 8.80. The minimum atomic E-state index is 0.504. The lowest BCUT2D eigenvalue weighted by molar-refractivity contribution is 0.412. The van der Waals surface area contributed by atoms with Gasteiger partial charge in [0.05, 0.1) is 18.8 Å². The Bertz CT molecular complexity index is 369. The molecule has 0 atom stereocenters. The van der Waals surface area contributed by atoms with Crippen LogP contribution in [0.25, 0.3) is 0 Å². The zero-order chi connectivity index (χ0) is 11.1. The fraction of sp³-hybridized carbons (Fsp3) is 0. The highest BCUT2D eigenvalue weighted by Gasteiger charge is 2.05. The van der Waals surface area contributed by atoms with Crippen LogP contribution in [0.2, 0.25) is 0 Å². The van der Waals surface area contributed by atoms with E-state index in [1.807, 2.05) is 0 Å². The average molecular weight is 204 g/mol. The van der Waals surface area contributed by atoms with Gasteiger partial charge in [-0.25, -0.2) is 0 Å². The van der Waals surface area contributed by atoms with Crippen molar-refractivity contribution in [3.63, 3.8) is 0 Å². The van der Waals surface area contributed by atoms with Crippen molar-refractivity contribution in [3.8, 4) is 17.2 Å². The molecule has 0 radical (unpaired) electrons. The summed E-state index contributed by atoms with van der Waals surface area (Å²) in [6.07, 6.45) is 3.96. The molecule has 0 bridgehead atoms. The standard InChI is InChI=1S/C12H12O3/c1-4-13-10-7-8-11(14-5-2)12(9-10)15-6-3/h4-9H,1-3H2. The highest BCUT2D eigenvalue weighted by atomic mass is 16.5. The molecular weight excluding hydrogens is 192 g/mol. The van der Waals surface area contributed by atoms with Crippen LogP contribution < -0.4 is 14.2 Å². The molecule has 0 spiro atoms. The molecule has 0 aliphatic heterocycles. The first-order valence-electron chi connectivity index (χ1n) is 4.28. The summed E-state index contributed by atoms with van der Waals surface area (Å²) in [5.74, 6) is 1.66. The van der Waals surface area contributed by atoms with Crippen LogP contribution >= 0.6 is 0 Å². The summed E-state index contributed by atoms with van der Waals surface area (Å²) in [6.45, 7) is 10.4. The van der Waals surface area contributed by atoms with Gasteiger partial charge in [-0.15, -0.1) is 0 Å². The Balaban J connectivity index is 3.01. The van der Waals surface area contributed by atoms with Gasteiger partial charge in [-0.1, -0.05) is 19.7 Å². The molecule has 0 heterocycles. The summed E-state index contributed by atoms with van der Waals surface area (Å²) in [7, 11) is 0. The first-order valence-corrected chi connectivity index (χ1v) is 4.28. The highest BCUT2D eigenvalue weighted by Crippen LogP contribution is 2.31. The monoisotopic (exact) mass is 204 g/mol. The van der Waals surface area contributed by atoms with Gasteiger partial charge < -0.3 is 14.2 Å².